The molecule has 13 heteroatoms. The molecule has 2 saturated carbocycles. The highest BCUT2D eigenvalue weighted by Crippen LogP contribution is 2.44. The average molecular weight is 618 g/mol. The molecule has 2 fully saturated rings. The number of carbonyl (C=O) groups is 3. The van der Waals surface area contributed by atoms with Gasteiger partial charge >= 0.3 is 11.9 Å². The molecule has 2 aromatic rings. The van der Waals surface area contributed by atoms with Gasteiger partial charge in [-0.1, -0.05) is 29.3 Å². The average Bonchev–Trinajstić information content (AvgIpc) is 3.42. The highest BCUT2D eigenvalue weighted by atomic mass is 35.5. The summed E-state index contributed by atoms with van der Waals surface area (Å²) in [6, 6.07) is 1.12. The second-order valence-electron chi connectivity index (χ2n) is 11.1. The SMILES string of the molecule is C/C=C/C(F)(F)c1c(C(=O)N(CC(=O)c2c(Cl)cc(F)cc2Cl)CC2(F)CC2)cnn1[C@H]1CC[C@](C)(C(=O)O)CC1. The number of alkyl halides is 3. The van der Waals surface area contributed by atoms with E-state index in [0.717, 1.165) is 34.0 Å². The highest BCUT2D eigenvalue weighted by Gasteiger charge is 2.48. The maximum atomic E-state index is 15.6. The van der Waals surface area contributed by atoms with Crippen LogP contribution in [-0.4, -0.2) is 56.2 Å². The number of amides is 1. The standard InChI is InChI=1S/C28H29Cl2F4N3O4/c1-3-6-28(33,34)23-18(13-35-37(23)17-4-7-26(2,8-5-17)25(40)41)24(39)36(15-27(32)9-10-27)14-21(38)22-19(29)11-16(31)12-20(22)30/h3,6,11-13,17H,4-5,7-10,14-15H2,1-2H3,(H,40,41)/b6-3+/t17-,26-. The van der Waals surface area contributed by atoms with Crippen LogP contribution in [0.25, 0.3) is 0 Å². The number of rotatable bonds is 10. The summed E-state index contributed by atoms with van der Waals surface area (Å²) in [4.78, 5) is 39.5. The van der Waals surface area contributed by atoms with Gasteiger partial charge in [0.25, 0.3) is 5.91 Å². The Kier molecular flexibility index (Phi) is 8.62. The van der Waals surface area contributed by atoms with E-state index in [1.54, 1.807) is 6.92 Å². The highest BCUT2D eigenvalue weighted by molar-refractivity contribution is 6.40. The summed E-state index contributed by atoms with van der Waals surface area (Å²) in [5, 5.41) is 13.0. The molecule has 0 unspecified atom stereocenters. The molecule has 0 radical (unpaired) electrons. The summed E-state index contributed by atoms with van der Waals surface area (Å²) in [5.41, 5.74) is -4.33. The van der Waals surface area contributed by atoms with Gasteiger partial charge < -0.3 is 10.0 Å². The summed E-state index contributed by atoms with van der Waals surface area (Å²) >= 11 is 12.0. The van der Waals surface area contributed by atoms with Gasteiger partial charge in [-0.3, -0.25) is 19.1 Å². The molecule has 1 N–H and O–H groups in total. The van der Waals surface area contributed by atoms with E-state index in [1.165, 1.54) is 6.92 Å². The molecule has 4 rings (SSSR count). The van der Waals surface area contributed by atoms with Crippen molar-refractivity contribution in [1.82, 2.24) is 14.7 Å². The Morgan fingerprint density at radius 2 is 1.76 bits per heavy atom. The van der Waals surface area contributed by atoms with Gasteiger partial charge in [0.2, 0.25) is 0 Å². The van der Waals surface area contributed by atoms with Crippen LogP contribution < -0.4 is 0 Å². The third-order valence-corrected chi connectivity index (χ3v) is 8.41. The fourth-order valence-electron chi connectivity index (χ4n) is 5.18. The molecule has 0 saturated heterocycles. The van der Waals surface area contributed by atoms with Gasteiger partial charge in [0.05, 0.1) is 51.9 Å². The lowest BCUT2D eigenvalue weighted by Crippen LogP contribution is -2.41. The Morgan fingerprint density at radius 3 is 2.27 bits per heavy atom. The van der Waals surface area contributed by atoms with E-state index in [2.05, 4.69) is 5.10 Å². The lowest BCUT2D eigenvalue weighted by molar-refractivity contribution is -0.150. The maximum absolute atomic E-state index is 15.6. The van der Waals surface area contributed by atoms with Gasteiger partial charge in [0.1, 0.15) is 17.2 Å². The summed E-state index contributed by atoms with van der Waals surface area (Å²) in [6.07, 6.45) is 3.82. The molecule has 2 aliphatic carbocycles. The summed E-state index contributed by atoms with van der Waals surface area (Å²) in [6.45, 7) is 1.68. The first kappa shape index (κ1) is 31.0. The largest absolute Gasteiger partial charge is 0.481 e. The predicted octanol–water partition coefficient (Wildman–Crippen LogP) is 7.03. The Balaban J connectivity index is 1.71. The lowest BCUT2D eigenvalue weighted by atomic mass is 9.74. The number of ketones is 1. The Hall–Kier alpha value is -2.92. The summed E-state index contributed by atoms with van der Waals surface area (Å²) < 4.78 is 60.8. The fourth-order valence-corrected chi connectivity index (χ4v) is 5.85. The molecule has 1 amide bonds. The quantitative estimate of drug-likeness (QED) is 0.175. The van der Waals surface area contributed by atoms with Crippen molar-refractivity contribution in [3.8, 4) is 0 Å². The van der Waals surface area contributed by atoms with Gasteiger partial charge in [0.15, 0.2) is 5.78 Å². The second kappa shape index (κ2) is 11.4. The van der Waals surface area contributed by atoms with Crippen molar-refractivity contribution in [3.63, 3.8) is 0 Å². The van der Waals surface area contributed by atoms with Gasteiger partial charge in [-0.25, -0.2) is 8.78 Å². The predicted molar refractivity (Wildman–Crippen MR) is 144 cm³/mol. The Labute approximate surface area is 244 Å². The van der Waals surface area contributed by atoms with E-state index < -0.39 is 70.9 Å². The van der Waals surface area contributed by atoms with Crippen LogP contribution in [-0.2, 0) is 10.7 Å². The number of aromatic nitrogens is 2. The smallest absolute Gasteiger partial charge is 0.309 e. The number of carboxylic acids is 1. The lowest BCUT2D eigenvalue weighted by Gasteiger charge is -2.35. The number of carboxylic acid groups (broad SMARTS) is 1. The first-order valence-electron chi connectivity index (χ1n) is 13.1. The molecule has 1 aromatic heterocycles. The zero-order valence-electron chi connectivity index (χ0n) is 22.4. The second-order valence-corrected chi connectivity index (χ2v) is 11.9. The number of aliphatic carboxylic acids is 1. The van der Waals surface area contributed by atoms with E-state index >= 15 is 8.78 Å². The van der Waals surface area contributed by atoms with Crippen LogP contribution in [0.3, 0.4) is 0 Å². The van der Waals surface area contributed by atoms with Crippen molar-refractivity contribution in [2.24, 2.45) is 5.41 Å². The van der Waals surface area contributed by atoms with E-state index in [-0.39, 0.29) is 54.1 Å². The minimum Gasteiger partial charge on any atom is -0.481 e. The number of carbonyl (C=O) groups excluding carboxylic acids is 2. The van der Waals surface area contributed by atoms with Crippen molar-refractivity contribution in [2.75, 3.05) is 13.1 Å². The number of hydrogen-bond donors (Lipinski definition) is 1. The Bertz CT molecular complexity index is 1380. The maximum Gasteiger partial charge on any atom is 0.309 e. The van der Waals surface area contributed by atoms with Gasteiger partial charge in [-0.05, 0) is 70.6 Å². The van der Waals surface area contributed by atoms with Crippen LogP contribution in [0.2, 0.25) is 10.0 Å². The molecule has 0 aliphatic heterocycles. The number of Topliss-reactive ketones (excluding diaryl/α,β-unsaturated/α-hetero) is 1. The summed E-state index contributed by atoms with van der Waals surface area (Å²) in [7, 11) is 0. The van der Waals surface area contributed by atoms with Crippen molar-refractivity contribution in [2.45, 2.75) is 70.0 Å². The molecule has 0 spiro atoms. The number of halogens is 6. The molecular formula is C28H29Cl2F4N3O4. The molecular weight excluding hydrogens is 589 g/mol. The van der Waals surface area contributed by atoms with Crippen LogP contribution in [0.1, 0.15) is 84.8 Å². The molecule has 2 aliphatic rings. The molecule has 222 valence electrons. The van der Waals surface area contributed by atoms with Crippen LogP contribution in [0, 0.1) is 11.2 Å². The van der Waals surface area contributed by atoms with Crippen molar-refractivity contribution >= 4 is 40.9 Å². The van der Waals surface area contributed by atoms with E-state index in [4.69, 9.17) is 23.2 Å². The van der Waals surface area contributed by atoms with Crippen molar-refractivity contribution < 1.29 is 37.1 Å². The fraction of sp³-hybridized carbons (Fsp3) is 0.500. The van der Waals surface area contributed by atoms with Gasteiger partial charge in [-0.15, -0.1) is 0 Å². The number of nitrogens with zero attached hydrogens (tertiary/aromatic N) is 3. The Morgan fingerprint density at radius 1 is 1.17 bits per heavy atom. The molecule has 0 atom stereocenters. The van der Waals surface area contributed by atoms with E-state index in [0.29, 0.717) is 6.08 Å². The van der Waals surface area contributed by atoms with E-state index in [1.807, 2.05) is 0 Å². The zero-order chi connectivity index (χ0) is 30.3. The topological polar surface area (TPSA) is 92.5 Å². The summed E-state index contributed by atoms with van der Waals surface area (Å²) in [5.74, 6) is -7.32. The number of benzene rings is 1. The first-order valence-corrected chi connectivity index (χ1v) is 13.9. The molecule has 7 nitrogen and oxygen atoms in total. The van der Waals surface area contributed by atoms with Crippen LogP contribution in [0.4, 0.5) is 17.6 Å². The van der Waals surface area contributed by atoms with Crippen LogP contribution in [0.5, 0.6) is 0 Å². The van der Waals surface area contributed by atoms with Crippen LogP contribution >= 0.6 is 23.2 Å². The number of hydrogen-bond acceptors (Lipinski definition) is 4. The minimum absolute atomic E-state index is 0.119. The van der Waals surface area contributed by atoms with Gasteiger partial charge in [0, 0.05) is 0 Å². The molecule has 1 heterocycles. The van der Waals surface area contributed by atoms with E-state index in [9.17, 15) is 28.3 Å². The molecule has 0 bridgehead atoms. The molecule has 1 aromatic carbocycles. The normalized spacial score (nSPS) is 22.1. The molecule has 41 heavy (non-hydrogen) atoms. The minimum atomic E-state index is -3.67. The monoisotopic (exact) mass is 617 g/mol. The van der Waals surface area contributed by atoms with Crippen LogP contribution in [0.15, 0.2) is 30.5 Å². The number of allylic oxidation sites excluding steroid dienone is 2. The zero-order valence-corrected chi connectivity index (χ0v) is 23.9. The van der Waals surface area contributed by atoms with Gasteiger partial charge in [-0.2, -0.15) is 13.9 Å². The third kappa shape index (κ3) is 6.45. The first-order chi connectivity index (χ1) is 19.1. The van der Waals surface area contributed by atoms with Crippen molar-refractivity contribution in [1.29, 1.82) is 0 Å². The van der Waals surface area contributed by atoms with Crippen molar-refractivity contribution in [3.05, 3.63) is 63.2 Å². The third-order valence-electron chi connectivity index (χ3n) is 7.81.